The quantitative estimate of drug-likeness (QED) is 0.573. The smallest absolute Gasteiger partial charge is 1.00 e. The van der Waals surface area contributed by atoms with Crippen molar-refractivity contribution in [2.24, 2.45) is 10.9 Å². The van der Waals surface area contributed by atoms with Gasteiger partial charge in [0, 0.05) is 6.21 Å². The minimum Gasteiger partial charge on any atom is -1.00 e. The van der Waals surface area contributed by atoms with Gasteiger partial charge in [0.1, 0.15) is 11.8 Å². The summed E-state index contributed by atoms with van der Waals surface area (Å²) in [4.78, 5) is 15.1. The zero-order valence-electron chi connectivity index (χ0n) is 13.0. The van der Waals surface area contributed by atoms with E-state index in [1.54, 1.807) is 13.3 Å². The first-order chi connectivity index (χ1) is 8.52. The predicted octanol–water partition coefficient (Wildman–Crippen LogP) is -0.270. The minimum absolute atomic E-state index is 0. The summed E-state index contributed by atoms with van der Waals surface area (Å²) >= 11 is 0. The van der Waals surface area contributed by atoms with Gasteiger partial charge in [-0.15, -0.1) is 0 Å². The fourth-order valence-corrected chi connectivity index (χ4v) is 1.54. The van der Waals surface area contributed by atoms with Crippen molar-refractivity contribution >= 4 is 12.2 Å². The van der Waals surface area contributed by atoms with Crippen LogP contribution in [-0.4, -0.2) is 30.4 Å². The standard InChI is InChI=1S/C14H19NO3.Na.H/c1-10(2)8-13(14(16)17)15-9-11-4-6-12(18-3)7-5-11;;/h4-7,9-10,13H,8H2,1-3H3,(H,16,17);;/q;+1;-1/t13-;;/m1../s1. The number of carboxylic acids is 1. The predicted molar refractivity (Wildman–Crippen MR) is 72.6 cm³/mol. The van der Waals surface area contributed by atoms with Crippen molar-refractivity contribution < 1.29 is 45.6 Å². The number of ether oxygens (including phenoxy) is 1. The number of benzene rings is 1. The number of aliphatic imine (C=N–C) groups is 1. The number of carboxylic acid groups (broad SMARTS) is 1. The summed E-state index contributed by atoms with van der Waals surface area (Å²) in [6, 6.07) is 6.65. The molecule has 0 aliphatic rings. The first kappa shape index (κ1) is 18.2. The Kier molecular flexibility index (Phi) is 8.72. The second kappa shape index (κ2) is 9.13. The van der Waals surface area contributed by atoms with E-state index in [0.29, 0.717) is 12.3 Å². The van der Waals surface area contributed by atoms with Crippen molar-refractivity contribution in [1.82, 2.24) is 0 Å². The second-order valence-corrected chi connectivity index (χ2v) is 4.53. The Morgan fingerprint density at radius 2 is 2.00 bits per heavy atom. The van der Waals surface area contributed by atoms with Gasteiger partial charge in [0.2, 0.25) is 0 Å². The molecule has 100 valence electrons. The topological polar surface area (TPSA) is 58.9 Å². The molecule has 1 N–H and O–H groups in total. The van der Waals surface area contributed by atoms with E-state index in [9.17, 15) is 4.79 Å². The maximum Gasteiger partial charge on any atom is 1.00 e. The first-order valence-electron chi connectivity index (χ1n) is 5.93. The van der Waals surface area contributed by atoms with Crippen LogP contribution < -0.4 is 34.3 Å². The third-order valence-corrected chi connectivity index (χ3v) is 2.50. The molecule has 0 bridgehead atoms. The Hall–Kier alpha value is -0.840. The monoisotopic (exact) mass is 273 g/mol. The molecule has 4 nitrogen and oxygen atoms in total. The Bertz CT molecular complexity index is 421. The molecule has 0 aromatic heterocycles. The van der Waals surface area contributed by atoms with Crippen molar-refractivity contribution in [2.45, 2.75) is 26.3 Å². The summed E-state index contributed by atoms with van der Waals surface area (Å²) in [6.45, 7) is 3.97. The summed E-state index contributed by atoms with van der Waals surface area (Å²) in [5, 5.41) is 9.05. The maximum atomic E-state index is 11.0. The second-order valence-electron chi connectivity index (χ2n) is 4.53. The Morgan fingerprint density at radius 1 is 1.42 bits per heavy atom. The van der Waals surface area contributed by atoms with E-state index in [1.165, 1.54) is 0 Å². The fourth-order valence-electron chi connectivity index (χ4n) is 1.54. The van der Waals surface area contributed by atoms with E-state index < -0.39 is 12.0 Å². The third kappa shape index (κ3) is 6.76. The van der Waals surface area contributed by atoms with Crippen LogP contribution in [0.15, 0.2) is 29.3 Å². The van der Waals surface area contributed by atoms with E-state index >= 15 is 0 Å². The largest absolute Gasteiger partial charge is 1.00 e. The molecule has 0 aliphatic carbocycles. The Labute approximate surface area is 137 Å². The van der Waals surface area contributed by atoms with Crippen LogP contribution in [0.2, 0.25) is 0 Å². The minimum atomic E-state index is -0.881. The average molecular weight is 273 g/mol. The molecule has 0 fully saturated rings. The van der Waals surface area contributed by atoms with Crippen LogP contribution in [0.1, 0.15) is 27.3 Å². The molecule has 0 heterocycles. The normalized spacial score (nSPS) is 12.2. The SMILES string of the molecule is COc1ccc(C=N[C@H](CC(C)C)C(=O)O)cc1.[H-].[Na+]. The van der Waals surface area contributed by atoms with E-state index in [0.717, 1.165) is 11.3 Å². The van der Waals surface area contributed by atoms with Crippen molar-refractivity contribution in [1.29, 1.82) is 0 Å². The summed E-state index contributed by atoms with van der Waals surface area (Å²) < 4.78 is 5.05. The molecular formula is C14H20NNaO3. The van der Waals surface area contributed by atoms with Gasteiger partial charge in [-0.2, -0.15) is 0 Å². The maximum absolute atomic E-state index is 11.0. The van der Waals surface area contributed by atoms with Gasteiger partial charge in [0.25, 0.3) is 0 Å². The number of methoxy groups -OCH3 is 1. The molecule has 19 heavy (non-hydrogen) atoms. The van der Waals surface area contributed by atoms with Gasteiger partial charge in [-0.3, -0.25) is 4.99 Å². The van der Waals surface area contributed by atoms with Crippen molar-refractivity contribution in [3.63, 3.8) is 0 Å². The summed E-state index contributed by atoms with van der Waals surface area (Å²) in [6.07, 6.45) is 2.14. The van der Waals surface area contributed by atoms with Gasteiger partial charge < -0.3 is 11.3 Å². The number of aliphatic carboxylic acids is 1. The first-order valence-corrected chi connectivity index (χ1v) is 5.93. The van der Waals surface area contributed by atoms with Gasteiger partial charge in [-0.25, -0.2) is 4.79 Å². The zero-order chi connectivity index (χ0) is 13.5. The summed E-state index contributed by atoms with van der Waals surface area (Å²) in [5.74, 6) is 0.191. The van der Waals surface area contributed by atoms with E-state index in [2.05, 4.69) is 4.99 Å². The molecule has 1 aromatic rings. The number of carbonyl (C=O) groups is 1. The average Bonchev–Trinajstić information content (AvgIpc) is 2.34. The molecule has 1 aromatic carbocycles. The molecule has 0 amide bonds. The molecule has 0 saturated heterocycles. The van der Waals surface area contributed by atoms with Gasteiger partial charge >= 0.3 is 35.5 Å². The third-order valence-electron chi connectivity index (χ3n) is 2.50. The Morgan fingerprint density at radius 3 is 2.42 bits per heavy atom. The number of rotatable bonds is 6. The molecule has 1 rings (SSSR count). The van der Waals surface area contributed by atoms with E-state index in [4.69, 9.17) is 9.84 Å². The molecule has 1 atom stereocenters. The van der Waals surface area contributed by atoms with Crippen molar-refractivity contribution in [3.05, 3.63) is 29.8 Å². The van der Waals surface area contributed by atoms with Gasteiger partial charge in [0.15, 0.2) is 0 Å². The molecular weight excluding hydrogens is 253 g/mol. The Balaban J connectivity index is 0. The number of hydrogen-bond donors (Lipinski definition) is 1. The van der Waals surface area contributed by atoms with Gasteiger partial charge in [-0.05, 0) is 42.2 Å². The number of nitrogens with zero attached hydrogens (tertiary/aromatic N) is 1. The van der Waals surface area contributed by atoms with Gasteiger partial charge in [-0.1, -0.05) is 13.8 Å². The molecule has 0 aliphatic heterocycles. The van der Waals surface area contributed by atoms with E-state index in [1.807, 2.05) is 38.1 Å². The molecule has 5 heteroatoms. The van der Waals surface area contributed by atoms with Crippen LogP contribution >= 0.6 is 0 Å². The molecule has 0 radical (unpaired) electrons. The number of hydrogen-bond acceptors (Lipinski definition) is 3. The summed E-state index contributed by atoms with van der Waals surface area (Å²) in [5.41, 5.74) is 0.866. The molecule has 0 spiro atoms. The van der Waals surface area contributed by atoms with Crippen molar-refractivity contribution in [3.8, 4) is 5.75 Å². The van der Waals surface area contributed by atoms with Crippen LogP contribution in [0.4, 0.5) is 0 Å². The fraction of sp³-hybridized carbons (Fsp3) is 0.429. The van der Waals surface area contributed by atoms with Crippen LogP contribution in [0.25, 0.3) is 0 Å². The van der Waals surface area contributed by atoms with Crippen LogP contribution in [0.5, 0.6) is 5.75 Å². The van der Waals surface area contributed by atoms with E-state index in [-0.39, 0.29) is 31.0 Å². The van der Waals surface area contributed by atoms with Crippen LogP contribution in [0.3, 0.4) is 0 Å². The van der Waals surface area contributed by atoms with Gasteiger partial charge in [0.05, 0.1) is 7.11 Å². The molecule has 0 saturated carbocycles. The zero-order valence-corrected chi connectivity index (χ0v) is 14.0. The van der Waals surface area contributed by atoms with Crippen LogP contribution in [-0.2, 0) is 4.79 Å². The van der Waals surface area contributed by atoms with Crippen LogP contribution in [0, 0.1) is 5.92 Å². The summed E-state index contributed by atoms with van der Waals surface area (Å²) in [7, 11) is 1.60. The van der Waals surface area contributed by atoms with Crippen molar-refractivity contribution in [2.75, 3.05) is 7.11 Å². The molecule has 0 unspecified atom stereocenters.